The molecule has 2 aliphatic heterocycles. The van der Waals surface area contributed by atoms with Crippen LogP contribution in [0.3, 0.4) is 0 Å². The lowest BCUT2D eigenvalue weighted by molar-refractivity contribution is -0.0423. The number of aryl methyl sites for hydroxylation is 2. The topological polar surface area (TPSA) is 71.6 Å². The molecule has 1 amide bonds. The zero-order chi connectivity index (χ0) is 21.6. The van der Waals surface area contributed by atoms with E-state index in [4.69, 9.17) is 21.1 Å². The van der Waals surface area contributed by atoms with Crippen molar-refractivity contribution in [2.75, 3.05) is 26.9 Å². The molecule has 1 unspecified atom stereocenters. The van der Waals surface area contributed by atoms with Crippen LogP contribution in [0.15, 0.2) is 16.9 Å². The zero-order valence-corrected chi connectivity index (χ0v) is 18.6. The summed E-state index contributed by atoms with van der Waals surface area (Å²) in [5.74, 6) is 0.998. The zero-order valence-electron chi connectivity index (χ0n) is 17.8. The minimum atomic E-state index is -0.236. The number of benzene rings is 1. The standard InChI is InChI=1S/C23H27ClN2O4/c1-12-7-17(14(3)15-10-30-11-15)21(24)20-16(12)5-6-26(23(20)28)9-18-19(29-4)8-13(2)25-22(18)27/h7-8,14-15H,5-6,9-11H2,1-4H3,(H,25,27). The van der Waals surface area contributed by atoms with Crippen molar-refractivity contribution in [3.8, 4) is 5.75 Å². The number of hydrogen-bond acceptors (Lipinski definition) is 4. The maximum atomic E-state index is 13.5. The summed E-state index contributed by atoms with van der Waals surface area (Å²) in [5.41, 5.74) is 4.61. The highest BCUT2D eigenvalue weighted by molar-refractivity contribution is 6.35. The predicted octanol–water partition coefficient (Wildman–Crippen LogP) is 3.60. The van der Waals surface area contributed by atoms with E-state index < -0.39 is 0 Å². The molecule has 1 fully saturated rings. The third-order valence-electron chi connectivity index (χ3n) is 6.42. The lowest BCUT2D eigenvalue weighted by Gasteiger charge is -2.35. The highest BCUT2D eigenvalue weighted by atomic mass is 35.5. The quantitative estimate of drug-likeness (QED) is 0.786. The maximum Gasteiger partial charge on any atom is 0.256 e. The predicted molar refractivity (Wildman–Crippen MR) is 116 cm³/mol. The van der Waals surface area contributed by atoms with Gasteiger partial charge in [-0.05, 0) is 48.9 Å². The van der Waals surface area contributed by atoms with Gasteiger partial charge >= 0.3 is 0 Å². The summed E-state index contributed by atoms with van der Waals surface area (Å²) in [6.45, 7) is 8.15. The molecule has 1 aromatic carbocycles. The van der Waals surface area contributed by atoms with E-state index in [1.165, 1.54) is 7.11 Å². The summed E-state index contributed by atoms with van der Waals surface area (Å²) in [6.07, 6.45) is 0.708. The number of carbonyl (C=O) groups excluding carboxylic acids is 1. The van der Waals surface area contributed by atoms with Gasteiger partial charge in [-0.1, -0.05) is 24.6 Å². The van der Waals surface area contributed by atoms with Crippen LogP contribution in [0, 0.1) is 19.8 Å². The number of ether oxygens (including phenoxy) is 2. The van der Waals surface area contributed by atoms with E-state index in [0.717, 1.165) is 29.9 Å². The van der Waals surface area contributed by atoms with E-state index in [9.17, 15) is 9.59 Å². The van der Waals surface area contributed by atoms with Crippen LogP contribution in [0.4, 0.5) is 0 Å². The number of halogens is 1. The van der Waals surface area contributed by atoms with Crippen molar-refractivity contribution < 1.29 is 14.3 Å². The van der Waals surface area contributed by atoms with E-state index in [0.29, 0.717) is 46.5 Å². The Morgan fingerprint density at radius 1 is 1.30 bits per heavy atom. The Morgan fingerprint density at radius 2 is 2.03 bits per heavy atom. The second-order valence-electron chi connectivity index (χ2n) is 8.34. The molecule has 1 N–H and O–H groups in total. The highest BCUT2D eigenvalue weighted by Crippen LogP contribution is 2.40. The molecule has 0 aliphatic carbocycles. The Kier molecular flexibility index (Phi) is 5.64. The average Bonchev–Trinajstić information content (AvgIpc) is 2.66. The number of nitrogens with zero attached hydrogens (tertiary/aromatic N) is 1. The first kappa shape index (κ1) is 20.9. The number of carbonyl (C=O) groups is 1. The maximum absolute atomic E-state index is 13.5. The minimum Gasteiger partial charge on any atom is -0.496 e. The van der Waals surface area contributed by atoms with Crippen LogP contribution >= 0.6 is 11.6 Å². The molecule has 0 spiro atoms. The number of rotatable bonds is 5. The van der Waals surface area contributed by atoms with Crippen molar-refractivity contribution in [3.63, 3.8) is 0 Å². The number of amides is 1. The lowest BCUT2D eigenvalue weighted by Crippen LogP contribution is -2.39. The van der Waals surface area contributed by atoms with Crippen molar-refractivity contribution in [3.05, 3.63) is 61.0 Å². The fraction of sp³-hybridized carbons (Fsp3) is 0.478. The second kappa shape index (κ2) is 8.08. The summed E-state index contributed by atoms with van der Waals surface area (Å²) in [6, 6.07) is 3.90. The molecule has 0 saturated carbocycles. The van der Waals surface area contributed by atoms with Gasteiger partial charge in [0.15, 0.2) is 0 Å². The third kappa shape index (κ3) is 3.52. The van der Waals surface area contributed by atoms with Crippen LogP contribution in [-0.2, 0) is 17.7 Å². The number of fused-ring (bicyclic) bond motifs is 1. The second-order valence-corrected chi connectivity index (χ2v) is 8.72. The number of pyridine rings is 1. The Balaban J connectivity index is 1.70. The molecule has 0 bridgehead atoms. The van der Waals surface area contributed by atoms with Crippen molar-refractivity contribution in [1.29, 1.82) is 0 Å². The third-order valence-corrected chi connectivity index (χ3v) is 6.82. The molecule has 1 aromatic heterocycles. The largest absolute Gasteiger partial charge is 0.496 e. The van der Waals surface area contributed by atoms with Gasteiger partial charge in [0, 0.05) is 18.2 Å². The summed E-state index contributed by atoms with van der Waals surface area (Å²) >= 11 is 6.81. The van der Waals surface area contributed by atoms with Gasteiger partial charge in [0.2, 0.25) is 0 Å². The van der Waals surface area contributed by atoms with Gasteiger partial charge < -0.3 is 19.4 Å². The molecular formula is C23H27ClN2O4. The van der Waals surface area contributed by atoms with Gasteiger partial charge in [0.1, 0.15) is 5.75 Å². The number of methoxy groups -OCH3 is 1. The number of hydrogen-bond donors (Lipinski definition) is 1. The van der Waals surface area contributed by atoms with Crippen LogP contribution in [0.25, 0.3) is 0 Å². The monoisotopic (exact) mass is 430 g/mol. The van der Waals surface area contributed by atoms with Crippen LogP contribution < -0.4 is 10.3 Å². The minimum absolute atomic E-state index is 0.134. The van der Waals surface area contributed by atoms with Crippen LogP contribution in [-0.4, -0.2) is 42.7 Å². The first-order chi connectivity index (χ1) is 14.3. The van der Waals surface area contributed by atoms with E-state index >= 15 is 0 Å². The Morgan fingerprint density at radius 3 is 2.67 bits per heavy atom. The molecule has 2 aliphatic rings. The summed E-state index contributed by atoms with van der Waals surface area (Å²) < 4.78 is 10.7. The summed E-state index contributed by atoms with van der Waals surface area (Å²) in [7, 11) is 1.53. The molecule has 7 heteroatoms. The molecular weight excluding hydrogens is 404 g/mol. The van der Waals surface area contributed by atoms with Gasteiger partial charge in [-0.3, -0.25) is 9.59 Å². The van der Waals surface area contributed by atoms with Crippen molar-refractivity contribution in [1.82, 2.24) is 9.88 Å². The van der Waals surface area contributed by atoms with E-state index in [1.54, 1.807) is 17.9 Å². The summed E-state index contributed by atoms with van der Waals surface area (Å²) in [5, 5.41) is 0.537. The summed E-state index contributed by atoms with van der Waals surface area (Å²) in [4.78, 5) is 30.5. The first-order valence-electron chi connectivity index (χ1n) is 10.3. The molecule has 4 rings (SSSR count). The average molecular weight is 431 g/mol. The Labute approximate surface area is 181 Å². The fourth-order valence-corrected chi connectivity index (χ4v) is 4.82. The Bertz CT molecular complexity index is 1060. The van der Waals surface area contributed by atoms with Gasteiger partial charge in [-0.2, -0.15) is 0 Å². The van der Waals surface area contributed by atoms with Crippen molar-refractivity contribution in [2.45, 2.75) is 39.7 Å². The molecule has 6 nitrogen and oxygen atoms in total. The molecule has 3 heterocycles. The fourth-order valence-electron chi connectivity index (χ4n) is 4.40. The number of nitrogens with one attached hydrogen (secondary N) is 1. The number of aromatic amines is 1. The van der Waals surface area contributed by atoms with E-state index in [2.05, 4.69) is 18.0 Å². The smallest absolute Gasteiger partial charge is 0.256 e. The normalized spacial score (nSPS) is 17.5. The van der Waals surface area contributed by atoms with Gasteiger partial charge in [0.25, 0.3) is 11.5 Å². The van der Waals surface area contributed by atoms with Crippen molar-refractivity contribution in [2.24, 2.45) is 5.92 Å². The first-order valence-corrected chi connectivity index (χ1v) is 10.6. The number of H-pyrrole nitrogens is 1. The molecule has 30 heavy (non-hydrogen) atoms. The van der Waals surface area contributed by atoms with E-state index in [-0.39, 0.29) is 23.9 Å². The lowest BCUT2D eigenvalue weighted by atomic mass is 9.82. The van der Waals surface area contributed by atoms with Gasteiger partial charge in [0.05, 0.1) is 43.0 Å². The van der Waals surface area contributed by atoms with Gasteiger partial charge in [-0.25, -0.2) is 0 Å². The highest BCUT2D eigenvalue weighted by Gasteiger charge is 2.34. The molecule has 1 saturated heterocycles. The van der Waals surface area contributed by atoms with E-state index in [1.807, 2.05) is 6.92 Å². The van der Waals surface area contributed by atoms with Crippen LogP contribution in [0.1, 0.15) is 51.1 Å². The van der Waals surface area contributed by atoms with Crippen molar-refractivity contribution >= 4 is 17.5 Å². The molecule has 160 valence electrons. The van der Waals surface area contributed by atoms with Crippen LogP contribution in [0.2, 0.25) is 5.02 Å². The SMILES string of the molecule is COc1cc(C)[nH]c(=O)c1CN1CCc2c(C)cc(C(C)C3COC3)c(Cl)c2C1=O. The Hall–Kier alpha value is -2.31. The molecule has 1 atom stereocenters. The molecule has 2 aromatic rings. The van der Waals surface area contributed by atoms with Crippen LogP contribution in [0.5, 0.6) is 5.75 Å². The number of aromatic nitrogens is 1. The van der Waals surface area contributed by atoms with Gasteiger partial charge in [-0.15, -0.1) is 0 Å². The molecule has 0 radical (unpaired) electrons.